The van der Waals surface area contributed by atoms with E-state index in [4.69, 9.17) is 9.72 Å². The molecule has 1 rings (SSSR count). The third-order valence-corrected chi connectivity index (χ3v) is 4.35. The number of hydrogen-bond donors (Lipinski definition) is 1. The molecule has 0 aliphatic carbocycles. The van der Waals surface area contributed by atoms with Crippen molar-refractivity contribution in [3.05, 3.63) is 15.6 Å². The van der Waals surface area contributed by atoms with Crippen molar-refractivity contribution < 1.29 is 4.74 Å². The van der Waals surface area contributed by atoms with Gasteiger partial charge in [-0.1, -0.05) is 48.0 Å². The molecule has 4 heteroatoms. The predicted octanol–water partition coefficient (Wildman–Crippen LogP) is 4.43. The minimum absolute atomic E-state index is 0.0766. The van der Waals surface area contributed by atoms with Crippen molar-refractivity contribution in [3.63, 3.8) is 0 Å². The Labute approximate surface area is 128 Å². The molecule has 1 aromatic rings. The fourth-order valence-electron chi connectivity index (χ4n) is 2.11. The average Bonchev–Trinajstić information content (AvgIpc) is 2.77. The number of rotatable bonds is 7. The summed E-state index contributed by atoms with van der Waals surface area (Å²) >= 11 is 1.80. The van der Waals surface area contributed by atoms with Gasteiger partial charge in [0, 0.05) is 30.0 Å². The van der Waals surface area contributed by atoms with Crippen molar-refractivity contribution in [3.8, 4) is 0 Å². The summed E-state index contributed by atoms with van der Waals surface area (Å²) < 4.78 is 5.61. The maximum absolute atomic E-state index is 5.61. The molecule has 116 valence electrons. The topological polar surface area (TPSA) is 34.1 Å². The molecule has 1 heterocycles. The van der Waals surface area contributed by atoms with E-state index in [1.807, 2.05) is 0 Å². The molecule has 1 aromatic heterocycles. The fourth-order valence-corrected chi connectivity index (χ4v) is 3.45. The zero-order chi connectivity index (χ0) is 15.3. The SMILES string of the molecule is CCCC(OC)c1nc(C(C)(C)C)c(CNC(C)C)s1. The molecule has 0 radical (unpaired) electrons. The highest BCUT2D eigenvalue weighted by Crippen LogP contribution is 2.34. The molecule has 20 heavy (non-hydrogen) atoms. The van der Waals surface area contributed by atoms with Gasteiger partial charge in [-0.05, 0) is 6.42 Å². The number of nitrogens with zero attached hydrogens (tertiary/aromatic N) is 1. The zero-order valence-electron chi connectivity index (χ0n) is 14.0. The largest absolute Gasteiger partial charge is 0.374 e. The van der Waals surface area contributed by atoms with Crippen molar-refractivity contribution in [1.29, 1.82) is 0 Å². The van der Waals surface area contributed by atoms with Crippen LogP contribution in [0.15, 0.2) is 0 Å². The molecule has 0 saturated carbocycles. The summed E-state index contributed by atoms with van der Waals surface area (Å²) in [6.45, 7) is 14.1. The average molecular weight is 298 g/mol. The van der Waals surface area contributed by atoms with Gasteiger partial charge in [-0.3, -0.25) is 0 Å². The smallest absolute Gasteiger partial charge is 0.122 e. The lowest BCUT2D eigenvalue weighted by molar-refractivity contribution is 0.0945. The molecule has 0 spiro atoms. The molecule has 0 fully saturated rings. The van der Waals surface area contributed by atoms with E-state index in [1.54, 1.807) is 18.4 Å². The Kier molecular flexibility index (Phi) is 6.62. The van der Waals surface area contributed by atoms with E-state index >= 15 is 0 Å². The Morgan fingerprint density at radius 3 is 2.40 bits per heavy atom. The van der Waals surface area contributed by atoms with E-state index in [2.05, 4.69) is 46.9 Å². The summed E-state index contributed by atoms with van der Waals surface area (Å²) in [5.41, 5.74) is 1.29. The molecular formula is C16H30N2OS. The van der Waals surface area contributed by atoms with Gasteiger partial charge in [-0.25, -0.2) is 4.98 Å². The van der Waals surface area contributed by atoms with Gasteiger partial charge in [-0.2, -0.15) is 0 Å². The predicted molar refractivity (Wildman–Crippen MR) is 87.4 cm³/mol. The highest BCUT2D eigenvalue weighted by Gasteiger charge is 2.25. The molecule has 0 bridgehead atoms. The van der Waals surface area contributed by atoms with Crippen LogP contribution in [0.25, 0.3) is 0 Å². The highest BCUT2D eigenvalue weighted by molar-refractivity contribution is 7.11. The third-order valence-electron chi connectivity index (χ3n) is 3.21. The Hall–Kier alpha value is -0.450. The van der Waals surface area contributed by atoms with Gasteiger partial charge in [0.05, 0.1) is 5.69 Å². The first kappa shape index (κ1) is 17.6. The van der Waals surface area contributed by atoms with Crippen molar-refractivity contribution in [2.45, 2.75) is 78.5 Å². The van der Waals surface area contributed by atoms with Crippen LogP contribution >= 0.6 is 11.3 Å². The molecule has 1 N–H and O–H groups in total. The first-order chi connectivity index (χ1) is 9.29. The standard InChI is InChI=1S/C16H30N2OS/c1-8-9-12(19-7)15-18-14(16(4,5)6)13(20-15)10-17-11(2)3/h11-12,17H,8-10H2,1-7H3. The summed E-state index contributed by atoms with van der Waals surface area (Å²) in [6.07, 6.45) is 2.28. The molecule has 1 unspecified atom stereocenters. The summed E-state index contributed by atoms with van der Waals surface area (Å²) in [7, 11) is 1.78. The van der Waals surface area contributed by atoms with Gasteiger partial charge in [0.1, 0.15) is 11.1 Å². The molecule has 0 aromatic carbocycles. The Morgan fingerprint density at radius 1 is 1.30 bits per heavy atom. The Balaban J connectivity index is 3.04. The van der Waals surface area contributed by atoms with E-state index < -0.39 is 0 Å². The van der Waals surface area contributed by atoms with Crippen LogP contribution in [-0.4, -0.2) is 18.1 Å². The normalized spacial score (nSPS) is 14.0. The fraction of sp³-hybridized carbons (Fsp3) is 0.812. The Morgan fingerprint density at radius 2 is 1.95 bits per heavy atom. The third kappa shape index (κ3) is 4.83. The van der Waals surface area contributed by atoms with Crippen molar-refractivity contribution in [2.24, 2.45) is 0 Å². The summed E-state index contributed by atoms with van der Waals surface area (Å²) in [4.78, 5) is 6.25. The number of thiazole rings is 1. The second-order valence-electron chi connectivity index (χ2n) is 6.62. The quantitative estimate of drug-likeness (QED) is 0.809. The van der Waals surface area contributed by atoms with Crippen molar-refractivity contribution >= 4 is 11.3 Å². The highest BCUT2D eigenvalue weighted by atomic mass is 32.1. The monoisotopic (exact) mass is 298 g/mol. The van der Waals surface area contributed by atoms with Crippen LogP contribution in [0.5, 0.6) is 0 Å². The van der Waals surface area contributed by atoms with Crippen molar-refractivity contribution in [1.82, 2.24) is 10.3 Å². The number of nitrogens with one attached hydrogen (secondary N) is 1. The Bertz CT molecular complexity index is 407. The number of hydrogen-bond acceptors (Lipinski definition) is 4. The lowest BCUT2D eigenvalue weighted by Gasteiger charge is -2.18. The van der Waals surface area contributed by atoms with Gasteiger partial charge in [0.2, 0.25) is 0 Å². The zero-order valence-corrected chi connectivity index (χ0v) is 14.9. The first-order valence-electron chi connectivity index (χ1n) is 7.55. The summed E-state index contributed by atoms with van der Waals surface area (Å²) in [5.74, 6) is 0. The molecule has 0 amide bonds. The minimum atomic E-state index is 0.0766. The van der Waals surface area contributed by atoms with Crippen LogP contribution in [-0.2, 0) is 16.7 Å². The van der Waals surface area contributed by atoms with E-state index in [9.17, 15) is 0 Å². The van der Waals surface area contributed by atoms with Crippen LogP contribution in [0.3, 0.4) is 0 Å². The number of aromatic nitrogens is 1. The van der Waals surface area contributed by atoms with E-state index in [-0.39, 0.29) is 11.5 Å². The molecule has 0 aliphatic rings. The molecule has 0 saturated heterocycles. The second-order valence-corrected chi connectivity index (χ2v) is 7.74. The van der Waals surface area contributed by atoms with E-state index in [1.165, 1.54) is 10.6 Å². The van der Waals surface area contributed by atoms with E-state index in [0.29, 0.717) is 6.04 Å². The molecule has 1 atom stereocenters. The minimum Gasteiger partial charge on any atom is -0.374 e. The van der Waals surface area contributed by atoms with Gasteiger partial charge < -0.3 is 10.1 Å². The van der Waals surface area contributed by atoms with Crippen molar-refractivity contribution in [2.75, 3.05) is 7.11 Å². The lowest BCUT2D eigenvalue weighted by Crippen LogP contribution is -2.23. The van der Waals surface area contributed by atoms with Gasteiger partial charge in [0.15, 0.2) is 0 Å². The molecular weight excluding hydrogens is 268 g/mol. The lowest BCUT2D eigenvalue weighted by atomic mass is 9.91. The van der Waals surface area contributed by atoms with Gasteiger partial charge in [0.25, 0.3) is 0 Å². The van der Waals surface area contributed by atoms with Crippen LogP contribution in [0, 0.1) is 0 Å². The second kappa shape index (κ2) is 7.53. The van der Waals surface area contributed by atoms with Gasteiger partial charge in [-0.15, -0.1) is 11.3 Å². The number of ether oxygens (including phenoxy) is 1. The number of methoxy groups -OCH3 is 1. The summed E-state index contributed by atoms with van der Waals surface area (Å²) in [6, 6.07) is 0.488. The molecule has 0 aliphatic heterocycles. The van der Waals surface area contributed by atoms with Crippen LogP contribution < -0.4 is 5.32 Å². The van der Waals surface area contributed by atoms with E-state index in [0.717, 1.165) is 24.4 Å². The first-order valence-corrected chi connectivity index (χ1v) is 8.37. The molecule has 3 nitrogen and oxygen atoms in total. The van der Waals surface area contributed by atoms with Crippen LogP contribution in [0.4, 0.5) is 0 Å². The van der Waals surface area contributed by atoms with Crippen LogP contribution in [0.2, 0.25) is 0 Å². The summed E-state index contributed by atoms with van der Waals surface area (Å²) in [5, 5.41) is 4.63. The maximum Gasteiger partial charge on any atom is 0.122 e. The van der Waals surface area contributed by atoms with Gasteiger partial charge >= 0.3 is 0 Å². The van der Waals surface area contributed by atoms with Crippen LogP contribution in [0.1, 0.15) is 76.1 Å². The maximum atomic E-state index is 5.61.